The zero-order chi connectivity index (χ0) is 15.8. The van der Waals surface area contributed by atoms with Crippen LogP contribution in [0.1, 0.15) is 32.3 Å². The molecule has 3 N–H and O–H groups in total. The molecule has 1 amide bonds. The van der Waals surface area contributed by atoms with Crippen LogP contribution in [0.2, 0.25) is 0 Å². The van der Waals surface area contributed by atoms with Crippen LogP contribution in [0.4, 0.5) is 10.5 Å². The molecule has 0 aliphatic carbocycles. The summed E-state index contributed by atoms with van der Waals surface area (Å²) in [7, 11) is 0. The molecule has 0 radical (unpaired) electrons. The van der Waals surface area contributed by atoms with Crippen molar-refractivity contribution >= 4 is 27.7 Å². The van der Waals surface area contributed by atoms with Crippen molar-refractivity contribution in [3.63, 3.8) is 0 Å². The molecule has 21 heavy (non-hydrogen) atoms. The molecule has 6 nitrogen and oxygen atoms in total. The number of phenolic OH excluding ortho intramolecular Hbond substituents is 1. The Balaban J connectivity index is 2.02. The maximum Gasteiger partial charge on any atom is 0.410 e. The number of benzene rings is 1. The van der Waals surface area contributed by atoms with Gasteiger partial charge in [-0.1, -0.05) is 0 Å². The second-order valence-corrected chi connectivity index (χ2v) is 6.99. The Morgan fingerprint density at radius 1 is 1.48 bits per heavy atom. The van der Waals surface area contributed by atoms with Crippen LogP contribution in [0.15, 0.2) is 16.6 Å². The number of hydrogen-bond donors (Lipinski definition) is 2. The quantitative estimate of drug-likeness (QED) is 0.481. The van der Waals surface area contributed by atoms with E-state index in [9.17, 15) is 15.1 Å². The Morgan fingerprint density at radius 2 is 2.10 bits per heavy atom. The summed E-state index contributed by atoms with van der Waals surface area (Å²) in [5, 5.41) is 20.6. The molecule has 7 heteroatoms. The summed E-state index contributed by atoms with van der Waals surface area (Å²) >= 11 is 3.23. The number of ether oxygens (including phenoxy) is 1. The first-order valence-electron chi connectivity index (χ1n) is 6.67. The van der Waals surface area contributed by atoms with Crippen LogP contribution < -0.4 is 5.48 Å². The van der Waals surface area contributed by atoms with Crippen LogP contribution in [0.3, 0.4) is 0 Å². The first-order chi connectivity index (χ1) is 9.71. The lowest BCUT2D eigenvalue weighted by molar-refractivity contribution is -0.498. The predicted octanol–water partition coefficient (Wildman–Crippen LogP) is 2.18. The molecule has 0 bridgehead atoms. The molecule has 1 aromatic rings. The summed E-state index contributed by atoms with van der Waals surface area (Å²) in [6, 6.07) is 3.43. The molecule has 1 aliphatic rings. The van der Waals surface area contributed by atoms with Crippen molar-refractivity contribution in [2.24, 2.45) is 0 Å². The highest BCUT2D eigenvalue weighted by Crippen LogP contribution is 2.36. The summed E-state index contributed by atoms with van der Waals surface area (Å²) in [4.78, 5) is 13.5. The molecule has 116 valence electrons. The van der Waals surface area contributed by atoms with Crippen LogP contribution in [0, 0.1) is 5.21 Å². The average Bonchev–Trinajstić information content (AvgIpc) is 2.29. The lowest BCUT2D eigenvalue weighted by Gasteiger charge is -2.40. The van der Waals surface area contributed by atoms with Gasteiger partial charge in [0.1, 0.15) is 5.60 Å². The second kappa shape index (κ2) is 5.82. The Hall–Kier alpha value is -1.31. The first-order valence-corrected chi connectivity index (χ1v) is 7.46. The molecule has 0 spiro atoms. The molecule has 1 aromatic carbocycles. The average molecular weight is 359 g/mol. The topological polar surface area (TPSA) is 89.4 Å². The minimum Gasteiger partial charge on any atom is -0.630 e. The van der Waals surface area contributed by atoms with E-state index in [0.29, 0.717) is 23.0 Å². The molecule has 2 rings (SSSR count). The number of carbonyl (C=O) groups is 1. The van der Waals surface area contributed by atoms with E-state index in [1.54, 1.807) is 17.0 Å². The fourth-order valence-electron chi connectivity index (χ4n) is 2.13. The fourth-order valence-corrected chi connectivity index (χ4v) is 2.63. The lowest BCUT2D eigenvalue weighted by Crippen LogP contribution is -2.70. The van der Waals surface area contributed by atoms with Gasteiger partial charge in [0.25, 0.3) is 0 Å². The standard InChI is InChI=1S/C14H19BrN2O4/c1-14(2,3)21-13(19)17-6-9(7-17)8-4-10(15)12(18)11(5-8)16-20/h4-5,9,18H,6-7,16H2,1-3H3. The number of nitrogens with zero attached hydrogens (tertiary/aromatic N) is 1. The van der Waals surface area contributed by atoms with Gasteiger partial charge < -0.3 is 25.4 Å². The SMILES string of the molecule is CC(C)(C)OC(=O)N1CC(c2cc(Br)c(O)c([NH2+][O-])c2)C1. The van der Waals surface area contributed by atoms with Crippen molar-refractivity contribution in [2.75, 3.05) is 13.1 Å². The number of nitrogens with two attached hydrogens (primary N) is 1. The number of quaternary nitrogens is 1. The zero-order valence-corrected chi connectivity index (χ0v) is 13.8. The normalized spacial score (nSPS) is 15.8. The van der Waals surface area contributed by atoms with Crippen molar-refractivity contribution in [1.82, 2.24) is 4.90 Å². The van der Waals surface area contributed by atoms with Crippen molar-refractivity contribution in [3.8, 4) is 5.75 Å². The highest BCUT2D eigenvalue weighted by atomic mass is 79.9. The van der Waals surface area contributed by atoms with E-state index in [-0.39, 0.29) is 23.4 Å². The molecule has 0 saturated carbocycles. The summed E-state index contributed by atoms with van der Waals surface area (Å²) in [5.74, 6) is 0.0881. The number of rotatable bonds is 2. The minimum absolute atomic E-state index is 0.0583. The summed E-state index contributed by atoms with van der Waals surface area (Å²) in [6.45, 7) is 6.58. The van der Waals surface area contributed by atoms with Gasteiger partial charge in [-0.3, -0.25) is 0 Å². The maximum atomic E-state index is 11.9. The minimum atomic E-state index is -0.506. The van der Waals surface area contributed by atoms with Gasteiger partial charge in [-0.2, -0.15) is 0 Å². The maximum absolute atomic E-state index is 11.9. The van der Waals surface area contributed by atoms with Gasteiger partial charge in [-0.15, -0.1) is 0 Å². The van der Waals surface area contributed by atoms with E-state index in [1.165, 1.54) is 0 Å². The lowest BCUT2D eigenvalue weighted by atomic mass is 9.91. The van der Waals surface area contributed by atoms with Crippen molar-refractivity contribution in [3.05, 3.63) is 27.4 Å². The van der Waals surface area contributed by atoms with E-state index >= 15 is 0 Å². The summed E-state index contributed by atoms with van der Waals surface area (Å²) in [5.41, 5.74) is 1.28. The van der Waals surface area contributed by atoms with E-state index in [4.69, 9.17) is 4.74 Å². The molecule has 1 heterocycles. The number of halogens is 1. The highest BCUT2D eigenvalue weighted by molar-refractivity contribution is 9.10. The zero-order valence-electron chi connectivity index (χ0n) is 12.2. The highest BCUT2D eigenvalue weighted by Gasteiger charge is 2.35. The van der Waals surface area contributed by atoms with Gasteiger partial charge in [0, 0.05) is 25.1 Å². The van der Waals surface area contributed by atoms with Gasteiger partial charge in [0.2, 0.25) is 0 Å². The molecule has 1 fully saturated rings. The van der Waals surface area contributed by atoms with Crippen LogP contribution in [-0.4, -0.2) is 34.8 Å². The number of carbonyl (C=O) groups excluding carboxylic acids is 1. The number of hydrogen-bond acceptors (Lipinski definition) is 4. The fraction of sp³-hybridized carbons (Fsp3) is 0.500. The Morgan fingerprint density at radius 3 is 2.62 bits per heavy atom. The third kappa shape index (κ3) is 3.66. The van der Waals surface area contributed by atoms with Gasteiger partial charge in [0.05, 0.1) is 4.47 Å². The number of aromatic hydroxyl groups is 1. The van der Waals surface area contributed by atoms with E-state index in [1.807, 2.05) is 20.8 Å². The first kappa shape index (κ1) is 16.1. The van der Waals surface area contributed by atoms with Gasteiger partial charge >= 0.3 is 6.09 Å². The molecule has 0 aromatic heterocycles. The Bertz CT molecular complexity index is 551. The Labute approximate surface area is 131 Å². The number of amides is 1. The largest absolute Gasteiger partial charge is 0.630 e. The van der Waals surface area contributed by atoms with E-state index in [0.717, 1.165) is 5.56 Å². The van der Waals surface area contributed by atoms with Crippen LogP contribution in [0.5, 0.6) is 5.75 Å². The van der Waals surface area contributed by atoms with Crippen molar-refractivity contribution in [1.29, 1.82) is 0 Å². The van der Waals surface area contributed by atoms with Crippen molar-refractivity contribution in [2.45, 2.75) is 32.3 Å². The third-order valence-corrected chi connectivity index (χ3v) is 3.85. The molecular weight excluding hydrogens is 340 g/mol. The molecule has 1 aliphatic heterocycles. The molecule has 0 unspecified atom stereocenters. The number of likely N-dealkylation sites (tertiary alicyclic amines) is 1. The van der Waals surface area contributed by atoms with Crippen LogP contribution in [-0.2, 0) is 4.74 Å². The molecular formula is C14H19BrN2O4. The summed E-state index contributed by atoms with van der Waals surface area (Å²) in [6.07, 6.45) is -0.327. The van der Waals surface area contributed by atoms with Gasteiger partial charge in [-0.25, -0.2) is 4.79 Å². The smallest absolute Gasteiger partial charge is 0.410 e. The van der Waals surface area contributed by atoms with Crippen LogP contribution >= 0.6 is 15.9 Å². The Kier molecular flexibility index (Phi) is 4.46. The predicted molar refractivity (Wildman–Crippen MR) is 81.3 cm³/mol. The second-order valence-electron chi connectivity index (χ2n) is 6.14. The molecule has 0 atom stereocenters. The van der Waals surface area contributed by atoms with Gasteiger partial charge in [0.15, 0.2) is 11.4 Å². The van der Waals surface area contributed by atoms with Crippen LogP contribution in [0.25, 0.3) is 0 Å². The monoisotopic (exact) mass is 358 g/mol. The van der Waals surface area contributed by atoms with E-state index in [2.05, 4.69) is 15.9 Å². The summed E-state index contributed by atoms with van der Waals surface area (Å²) < 4.78 is 5.78. The third-order valence-electron chi connectivity index (χ3n) is 3.25. The van der Waals surface area contributed by atoms with E-state index < -0.39 is 5.60 Å². The number of phenols is 1. The van der Waals surface area contributed by atoms with Crippen molar-refractivity contribution < 1.29 is 20.1 Å². The van der Waals surface area contributed by atoms with Gasteiger partial charge in [-0.05, 0) is 48.3 Å². The molecule has 1 saturated heterocycles.